The number of rotatable bonds is 3. The molecular weight excluding hydrogens is 108 g/mol. The first-order valence-corrected chi connectivity index (χ1v) is 2.35. The molecule has 0 aromatic rings. The molecule has 1 radical (unpaired) electrons. The molecule has 0 unspecified atom stereocenters. The molecule has 0 fully saturated rings. The maximum Gasteiger partial charge on any atom is 0.308 e. The Kier molecular flexibility index (Phi) is 4.26. The van der Waals surface area contributed by atoms with Gasteiger partial charge in [0.1, 0.15) is 0 Å². The molecule has 47 valence electrons. The van der Waals surface area contributed by atoms with Gasteiger partial charge in [-0.3, -0.25) is 4.79 Å². The molecule has 0 aliphatic rings. The number of carbonyl (C=O) groups excluding carboxylic acids is 1. The van der Waals surface area contributed by atoms with Gasteiger partial charge in [0.05, 0.1) is 0 Å². The van der Waals surface area contributed by atoms with Crippen LogP contribution in [0.4, 0.5) is 0 Å². The van der Waals surface area contributed by atoms with E-state index < -0.39 is 0 Å². The minimum Gasteiger partial charge on any atom is -0.429 e. The Morgan fingerprint density at radius 2 is 2.38 bits per heavy atom. The molecule has 0 aromatic heterocycles. The Morgan fingerprint density at radius 1 is 1.75 bits per heavy atom. The van der Waals surface area contributed by atoms with Gasteiger partial charge in [-0.25, -0.2) is 0 Å². The number of esters is 1. The molecule has 3 nitrogen and oxygen atoms in total. The highest BCUT2D eigenvalue weighted by atomic mass is 16.7. The van der Waals surface area contributed by atoms with Crippen LogP contribution in [0, 0.1) is 6.79 Å². The van der Waals surface area contributed by atoms with Gasteiger partial charge in [0.25, 0.3) is 6.79 Å². The van der Waals surface area contributed by atoms with Gasteiger partial charge in [-0.15, -0.1) is 0 Å². The summed E-state index contributed by atoms with van der Waals surface area (Å²) in [6, 6.07) is 0. The summed E-state index contributed by atoms with van der Waals surface area (Å²) < 4.78 is 8.70. The topological polar surface area (TPSA) is 35.5 Å². The minimum absolute atomic E-state index is 0.285. The van der Waals surface area contributed by atoms with Gasteiger partial charge in [0, 0.05) is 13.5 Å². The van der Waals surface area contributed by atoms with Crippen LogP contribution in [0.5, 0.6) is 0 Å². The number of carbonyl (C=O) groups is 1. The maximum atomic E-state index is 10.2. The van der Waals surface area contributed by atoms with Crippen LogP contribution in [0.25, 0.3) is 0 Å². The lowest BCUT2D eigenvalue weighted by Gasteiger charge is -1.96. The minimum atomic E-state index is -0.285. The van der Waals surface area contributed by atoms with Crippen LogP contribution in [0.1, 0.15) is 13.3 Å². The molecule has 0 rings (SSSR count). The van der Waals surface area contributed by atoms with Crippen molar-refractivity contribution in [3.8, 4) is 0 Å². The Hall–Kier alpha value is -0.570. The molecule has 0 heterocycles. The van der Waals surface area contributed by atoms with Gasteiger partial charge >= 0.3 is 5.97 Å². The average molecular weight is 117 g/mol. The van der Waals surface area contributed by atoms with Crippen molar-refractivity contribution in [1.82, 2.24) is 0 Å². The predicted octanol–water partition coefficient (Wildman–Crippen LogP) is 0.705. The smallest absolute Gasteiger partial charge is 0.308 e. The van der Waals surface area contributed by atoms with Gasteiger partial charge in [0.15, 0.2) is 0 Å². The second-order valence-electron chi connectivity index (χ2n) is 1.18. The zero-order valence-corrected chi connectivity index (χ0v) is 5.01. The van der Waals surface area contributed by atoms with Gasteiger partial charge in [-0.05, 0) is 0 Å². The first kappa shape index (κ1) is 7.43. The first-order chi connectivity index (χ1) is 3.81. The third kappa shape index (κ3) is 3.61. The zero-order chi connectivity index (χ0) is 6.41. The second kappa shape index (κ2) is 4.59. The molecule has 0 N–H and O–H groups in total. The number of ether oxygens (including phenoxy) is 2. The van der Waals surface area contributed by atoms with Crippen molar-refractivity contribution < 1.29 is 14.3 Å². The van der Waals surface area contributed by atoms with Crippen LogP contribution >= 0.6 is 0 Å². The summed E-state index contributed by atoms with van der Waals surface area (Å²) in [4.78, 5) is 10.2. The van der Waals surface area contributed by atoms with E-state index in [1.165, 1.54) is 7.11 Å². The summed E-state index contributed by atoms with van der Waals surface area (Å²) in [5.74, 6) is -0.285. The van der Waals surface area contributed by atoms with Crippen molar-refractivity contribution in [1.29, 1.82) is 0 Å². The predicted molar refractivity (Wildman–Crippen MR) is 27.7 cm³/mol. The fourth-order valence-corrected chi connectivity index (χ4v) is 0.185. The SMILES string of the molecule is CCC(=O)O[CH]OC. The second-order valence-corrected chi connectivity index (χ2v) is 1.18. The molecule has 0 aliphatic carbocycles. The maximum absolute atomic E-state index is 10.2. The van der Waals surface area contributed by atoms with Crippen LogP contribution in [0.15, 0.2) is 0 Å². The third-order valence-corrected chi connectivity index (χ3v) is 0.564. The van der Waals surface area contributed by atoms with Crippen molar-refractivity contribution >= 4 is 5.97 Å². The Morgan fingerprint density at radius 3 is 2.75 bits per heavy atom. The fraction of sp³-hybridized carbons (Fsp3) is 0.600. The molecule has 8 heavy (non-hydrogen) atoms. The monoisotopic (exact) mass is 117 g/mol. The van der Waals surface area contributed by atoms with Gasteiger partial charge in [-0.1, -0.05) is 6.92 Å². The van der Waals surface area contributed by atoms with Crippen molar-refractivity contribution in [2.75, 3.05) is 7.11 Å². The van der Waals surface area contributed by atoms with Crippen molar-refractivity contribution in [2.24, 2.45) is 0 Å². The Labute approximate surface area is 48.6 Å². The van der Waals surface area contributed by atoms with Crippen LogP contribution in [-0.4, -0.2) is 13.1 Å². The summed E-state index contributed by atoms with van der Waals surface area (Å²) >= 11 is 0. The van der Waals surface area contributed by atoms with Crippen LogP contribution < -0.4 is 0 Å². The lowest BCUT2D eigenvalue weighted by Crippen LogP contribution is -1.99. The molecule has 3 heteroatoms. The van der Waals surface area contributed by atoms with E-state index in [1.54, 1.807) is 6.92 Å². The van der Waals surface area contributed by atoms with E-state index in [0.717, 1.165) is 6.79 Å². The van der Waals surface area contributed by atoms with E-state index in [4.69, 9.17) is 0 Å². The van der Waals surface area contributed by atoms with E-state index in [9.17, 15) is 4.79 Å². The highest BCUT2D eigenvalue weighted by molar-refractivity contribution is 5.69. The van der Waals surface area contributed by atoms with Crippen molar-refractivity contribution in [2.45, 2.75) is 13.3 Å². The van der Waals surface area contributed by atoms with Gasteiger partial charge in [0.2, 0.25) is 0 Å². The van der Waals surface area contributed by atoms with E-state index in [0.29, 0.717) is 6.42 Å². The van der Waals surface area contributed by atoms with E-state index >= 15 is 0 Å². The molecular formula is C5H9O3. The highest BCUT2D eigenvalue weighted by Gasteiger charge is 1.94. The molecule has 0 spiro atoms. The molecule has 0 aromatic carbocycles. The van der Waals surface area contributed by atoms with Gasteiger partial charge < -0.3 is 9.47 Å². The van der Waals surface area contributed by atoms with E-state index in [-0.39, 0.29) is 5.97 Å². The largest absolute Gasteiger partial charge is 0.429 e. The number of hydrogen-bond acceptors (Lipinski definition) is 3. The summed E-state index contributed by atoms with van der Waals surface area (Å²) in [5, 5.41) is 0. The standard InChI is InChI=1S/C5H9O3/c1-3-5(6)8-4-7-2/h4H,3H2,1-2H3. The summed E-state index contributed by atoms with van der Waals surface area (Å²) in [6.07, 6.45) is 0.375. The quantitative estimate of drug-likeness (QED) is 0.510. The number of hydrogen-bond donors (Lipinski definition) is 0. The third-order valence-electron chi connectivity index (χ3n) is 0.564. The Balaban J connectivity index is 2.99. The van der Waals surface area contributed by atoms with Crippen molar-refractivity contribution in [3.05, 3.63) is 6.79 Å². The highest BCUT2D eigenvalue weighted by Crippen LogP contribution is 1.86. The fourth-order valence-electron chi connectivity index (χ4n) is 0.185. The Bertz CT molecular complexity index is 70.1. The lowest BCUT2D eigenvalue weighted by molar-refractivity contribution is -0.145. The van der Waals surface area contributed by atoms with E-state index in [1.807, 2.05) is 0 Å². The molecule has 0 amide bonds. The lowest BCUT2D eigenvalue weighted by atomic mass is 10.5. The molecule has 0 saturated carbocycles. The molecule has 0 aliphatic heterocycles. The molecule has 0 saturated heterocycles. The molecule has 0 atom stereocenters. The first-order valence-electron chi connectivity index (χ1n) is 2.35. The van der Waals surface area contributed by atoms with Crippen LogP contribution in [0.2, 0.25) is 0 Å². The van der Waals surface area contributed by atoms with Crippen molar-refractivity contribution in [3.63, 3.8) is 0 Å². The van der Waals surface area contributed by atoms with E-state index in [2.05, 4.69) is 9.47 Å². The van der Waals surface area contributed by atoms with Gasteiger partial charge in [-0.2, -0.15) is 0 Å². The number of methoxy groups -OCH3 is 1. The normalized spacial score (nSPS) is 8.75. The van der Waals surface area contributed by atoms with Crippen LogP contribution in [0.3, 0.4) is 0 Å². The summed E-state index contributed by atoms with van der Waals surface area (Å²) in [6.45, 7) is 2.72. The van der Waals surface area contributed by atoms with Crippen LogP contribution in [-0.2, 0) is 14.3 Å². The molecule has 0 bridgehead atoms. The average Bonchev–Trinajstić information content (AvgIpc) is 1.83. The summed E-state index contributed by atoms with van der Waals surface area (Å²) in [7, 11) is 1.42. The summed E-state index contributed by atoms with van der Waals surface area (Å²) in [5.41, 5.74) is 0. The zero-order valence-electron chi connectivity index (χ0n) is 5.01.